The fourth-order valence-electron chi connectivity index (χ4n) is 8.15. The Balaban J connectivity index is 0.890. The van der Waals surface area contributed by atoms with Gasteiger partial charge in [-0.2, -0.15) is 0 Å². The highest BCUT2D eigenvalue weighted by atomic mass is 32.1. The van der Waals surface area contributed by atoms with E-state index < -0.39 is 12.1 Å². The van der Waals surface area contributed by atoms with Gasteiger partial charge in [0.25, 0.3) is 17.0 Å². The molecule has 4 aliphatic rings. The van der Waals surface area contributed by atoms with Gasteiger partial charge in [-0.1, -0.05) is 26.0 Å². The summed E-state index contributed by atoms with van der Waals surface area (Å²) in [4.78, 5) is 68.4. The van der Waals surface area contributed by atoms with Crippen LogP contribution < -0.4 is 32.3 Å². The summed E-state index contributed by atoms with van der Waals surface area (Å²) in [7, 11) is 1.93. The number of nitrogens with two attached hydrogens (primary N) is 1. The predicted molar refractivity (Wildman–Crippen MR) is 283 cm³/mol. The van der Waals surface area contributed by atoms with Gasteiger partial charge >= 0.3 is 6.03 Å². The number of carbonyl (C=O) groups excluding carboxylic acids is 5. The van der Waals surface area contributed by atoms with Crippen LogP contribution in [0.2, 0.25) is 0 Å². The maximum absolute atomic E-state index is 13.6. The van der Waals surface area contributed by atoms with Gasteiger partial charge in [0.2, 0.25) is 11.8 Å². The molecule has 1 fully saturated rings. The van der Waals surface area contributed by atoms with Crippen molar-refractivity contribution in [3.63, 3.8) is 0 Å². The molecule has 1 saturated heterocycles. The number of hydrogen-bond donors (Lipinski definition) is 6. The molecular weight excluding hydrogens is 975 g/mol. The average molecular weight is 1050 g/mol. The van der Waals surface area contributed by atoms with Gasteiger partial charge in [-0.3, -0.25) is 29.1 Å². The average Bonchev–Trinajstić information content (AvgIpc) is 4.15. The number of nitrogens with one attached hydrogen (secondary N) is 5. The summed E-state index contributed by atoms with van der Waals surface area (Å²) < 4.78 is 38.9. The molecule has 1 aromatic carbocycles. The van der Waals surface area contributed by atoms with E-state index in [-0.39, 0.29) is 61.8 Å². The fourth-order valence-corrected chi connectivity index (χ4v) is 8.30. The number of primary amides is 1. The van der Waals surface area contributed by atoms with Gasteiger partial charge in [-0.25, -0.2) is 4.79 Å². The normalized spacial score (nSPS) is 16.4. The number of allylic oxidation sites excluding steroid dienone is 5. The number of aliphatic imine (C=N–C) groups is 1. The molecule has 3 aliphatic heterocycles. The van der Waals surface area contributed by atoms with Gasteiger partial charge in [0.05, 0.1) is 91.5 Å². The van der Waals surface area contributed by atoms with Gasteiger partial charge in [-0.05, 0) is 91.2 Å². The van der Waals surface area contributed by atoms with Gasteiger partial charge in [-0.15, -0.1) is 0 Å². The van der Waals surface area contributed by atoms with E-state index in [0.717, 1.165) is 41.2 Å². The number of amides is 6. The van der Waals surface area contributed by atoms with Crippen molar-refractivity contribution in [1.29, 1.82) is 0 Å². The fraction of sp³-hybridized carbons (Fsp3) is 0.577. The third-order valence-electron chi connectivity index (χ3n) is 12.2. The zero-order valence-electron chi connectivity index (χ0n) is 43.1. The van der Waals surface area contributed by atoms with Gasteiger partial charge in [0.1, 0.15) is 12.6 Å². The number of rotatable bonds is 38. The minimum Gasteiger partial charge on any atom is -0.466 e. The summed E-state index contributed by atoms with van der Waals surface area (Å²) in [6, 6.07) is 6.07. The van der Waals surface area contributed by atoms with Crippen LogP contribution in [0.5, 0.6) is 0 Å². The van der Waals surface area contributed by atoms with Gasteiger partial charge in [0.15, 0.2) is 0 Å². The standard InChI is InChI=1S/C52H76N9O12S/c1-37(2)48(59-45(62)16-22-67-24-26-69-28-30-71-32-33-72-31-29-70-27-25-68-23-21-61-46(63)12-13-47(61)64)50(65)58-41(7-4-17-56-51(53)66)35-57-40-10-8-38(9-11-40)36-73-52(74)60(3)20-5-6-39-34-44-42(14-18-54-44)43-15-19-55-49(39)43/h6,8-14,18,34,37,41,43,48,55,57H,4-5,7,15-17,19-33,35-36H2,1-3H3,(H,58,65)(H,59,62)(H3,53,56,66)/t41-,43?,48-/m0/s1. The Hall–Kier alpha value is -5.75. The van der Waals surface area contributed by atoms with Crippen molar-refractivity contribution in [1.82, 2.24) is 31.1 Å². The lowest BCUT2D eigenvalue weighted by Crippen LogP contribution is -2.53. The van der Waals surface area contributed by atoms with Crippen LogP contribution in [0, 0.1) is 18.3 Å². The van der Waals surface area contributed by atoms with Crippen LogP contribution >= 0.6 is 12.2 Å². The molecule has 0 saturated carbocycles. The first kappa shape index (κ1) is 59.1. The lowest BCUT2D eigenvalue weighted by atomic mass is 9.85. The number of urea groups is 1. The first-order valence-electron chi connectivity index (χ1n) is 25.5. The second kappa shape index (κ2) is 33.2. The molecule has 21 nitrogen and oxygen atoms in total. The molecule has 1 unspecified atom stereocenters. The second-order valence-electron chi connectivity index (χ2n) is 18.1. The molecule has 22 heteroatoms. The first-order valence-corrected chi connectivity index (χ1v) is 25.9. The number of benzene rings is 1. The summed E-state index contributed by atoms with van der Waals surface area (Å²) in [5.41, 5.74) is 11.9. The molecule has 1 aliphatic carbocycles. The minimum atomic E-state index is -0.778. The van der Waals surface area contributed by atoms with E-state index in [1.165, 1.54) is 29.0 Å². The molecule has 3 atom stereocenters. The van der Waals surface area contributed by atoms with Crippen LogP contribution in [0.15, 0.2) is 76.1 Å². The summed E-state index contributed by atoms with van der Waals surface area (Å²) in [5.74, 6) is -1.08. The maximum atomic E-state index is 13.6. The molecule has 0 spiro atoms. The largest absolute Gasteiger partial charge is 0.466 e. The highest BCUT2D eigenvalue weighted by Gasteiger charge is 2.33. The van der Waals surface area contributed by atoms with Crippen LogP contribution in [0.25, 0.3) is 0 Å². The third kappa shape index (κ3) is 21.2. The number of thiocarbonyl (C=S) groups is 1. The molecule has 7 N–H and O–H groups in total. The van der Waals surface area contributed by atoms with Crippen molar-refractivity contribution < 1.29 is 57.1 Å². The summed E-state index contributed by atoms with van der Waals surface area (Å²) in [5, 5.41) is 16.0. The Labute approximate surface area is 440 Å². The molecule has 1 aromatic rings. The third-order valence-corrected chi connectivity index (χ3v) is 12.6. The van der Waals surface area contributed by atoms with Crippen LogP contribution in [-0.2, 0) is 58.9 Å². The van der Waals surface area contributed by atoms with Crippen molar-refractivity contribution in [3.8, 4) is 0 Å². The monoisotopic (exact) mass is 1050 g/mol. The van der Waals surface area contributed by atoms with E-state index in [2.05, 4.69) is 50.1 Å². The molecule has 0 bridgehead atoms. The Morgan fingerprint density at radius 3 is 2.14 bits per heavy atom. The summed E-state index contributed by atoms with van der Waals surface area (Å²) in [6.07, 6.45) is 14.0. The predicted octanol–water partition coefficient (Wildman–Crippen LogP) is 2.69. The van der Waals surface area contributed by atoms with E-state index in [1.54, 1.807) is 0 Å². The molecular formula is C52H76N9O12S. The summed E-state index contributed by atoms with van der Waals surface area (Å²) in [6.45, 7) is 10.8. The molecule has 1 radical (unpaired) electrons. The first-order chi connectivity index (χ1) is 35.9. The number of hydrogen-bond acceptors (Lipinski definition) is 16. The Morgan fingerprint density at radius 2 is 1.51 bits per heavy atom. The second-order valence-corrected chi connectivity index (χ2v) is 18.5. The van der Waals surface area contributed by atoms with Crippen LogP contribution in [0.1, 0.15) is 51.5 Å². The van der Waals surface area contributed by atoms with E-state index in [9.17, 15) is 24.0 Å². The molecule has 0 aromatic heterocycles. The zero-order chi connectivity index (χ0) is 52.9. The highest BCUT2D eigenvalue weighted by Crippen LogP contribution is 2.41. The number of nitrogens with zero attached hydrogens (tertiary/aromatic N) is 3. The Kier molecular flexibility index (Phi) is 26.6. The minimum absolute atomic E-state index is 0.0690. The topological polar surface area (TPSA) is 255 Å². The zero-order valence-corrected chi connectivity index (χ0v) is 43.9. The highest BCUT2D eigenvalue weighted by molar-refractivity contribution is 7.80. The molecule has 407 valence electrons. The van der Waals surface area contributed by atoms with E-state index in [1.807, 2.05) is 56.3 Å². The molecule has 6 amide bonds. The van der Waals surface area contributed by atoms with Crippen LogP contribution in [0.3, 0.4) is 0 Å². The van der Waals surface area contributed by atoms with Crippen LogP contribution in [-0.4, -0.2) is 182 Å². The van der Waals surface area contributed by atoms with E-state index in [0.29, 0.717) is 116 Å². The van der Waals surface area contributed by atoms with Crippen molar-refractivity contribution >= 4 is 59.0 Å². The van der Waals surface area contributed by atoms with Crippen molar-refractivity contribution in [2.24, 2.45) is 22.6 Å². The molecule has 74 heavy (non-hydrogen) atoms. The van der Waals surface area contributed by atoms with E-state index in [4.69, 9.17) is 51.1 Å². The number of ether oxygens (including phenoxy) is 7. The summed E-state index contributed by atoms with van der Waals surface area (Å²) >= 11 is 5.60. The van der Waals surface area contributed by atoms with Crippen molar-refractivity contribution in [2.75, 3.05) is 124 Å². The quantitative estimate of drug-likeness (QED) is 0.0316. The number of anilines is 1. The van der Waals surface area contributed by atoms with Gasteiger partial charge < -0.3 is 70.4 Å². The number of carbonyl (C=O) groups is 5. The number of imide groups is 1. The lowest BCUT2D eigenvalue weighted by Gasteiger charge is -2.26. The number of fused-ring (bicyclic) bond motifs is 3. The Morgan fingerprint density at radius 1 is 0.892 bits per heavy atom. The van der Waals surface area contributed by atoms with Crippen molar-refractivity contribution in [3.05, 3.63) is 83.1 Å². The van der Waals surface area contributed by atoms with Gasteiger partial charge in [0, 0.05) is 81.4 Å². The smallest absolute Gasteiger partial charge is 0.312 e. The molecule has 5 rings (SSSR count). The van der Waals surface area contributed by atoms with E-state index >= 15 is 0 Å². The maximum Gasteiger partial charge on any atom is 0.312 e. The molecule has 3 heterocycles. The van der Waals surface area contributed by atoms with Crippen molar-refractivity contribution in [2.45, 2.75) is 64.6 Å². The van der Waals surface area contributed by atoms with Crippen LogP contribution in [0.4, 0.5) is 10.5 Å². The Bertz CT molecular complexity index is 2130. The lowest BCUT2D eigenvalue weighted by molar-refractivity contribution is -0.137. The SMILES string of the molecule is CC(C)[C@H](NC(=O)CCOCCOCCOCCOCCOCCOCCN1C(=O)C=CC1=O)C(=O)N[C@@H](CCCNC(N)=O)CNc1ccc(COC(=S)N(C)CC[CH]C2=C3NCCC3C3=CC=NC3=C2)cc1.